The van der Waals surface area contributed by atoms with E-state index in [0.29, 0.717) is 16.5 Å². The Kier molecular flexibility index (Phi) is 5.82. The van der Waals surface area contributed by atoms with Gasteiger partial charge in [0.25, 0.3) is 0 Å². The summed E-state index contributed by atoms with van der Waals surface area (Å²) in [7, 11) is 0. The number of carbonyl (C=O) groups is 2. The second kappa shape index (κ2) is 8.24. The Morgan fingerprint density at radius 1 is 1.10 bits per heavy atom. The molecule has 1 saturated carbocycles. The molecule has 158 valence electrons. The second-order valence-electron chi connectivity index (χ2n) is 8.79. The number of hydrogen-bond donors (Lipinski definition) is 1. The first-order valence-corrected chi connectivity index (χ1v) is 11.1. The second-order valence-corrected chi connectivity index (χ2v) is 9.66. The largest absolute Gasteiger partial charge is 0.481 e. The third kappa shape index (κ3) is 3.95. The average molecular weight is 446 g/mol. The van der Waals surface area contributed by atoms with Crippen LogP contribution in [-0.4, -0.2) is 27.9 Å². The minimum absolute atomic E-state index is 0.0622. The van der Waals surface area contributed by atoms with Gasteiger partial charge in [-0.15, -0.1) is 0 Å². The Balaban J connectivity index is 1.86. The highest BCUT2D eigenvalue weighted by molar-refractivity contribution is 6.30. The fraction of sp³-hybridized carbons (Fsp3) is 0.417. The van der Waals surface area contributed by atoms with Gasteiger partial charge in [0, 0.05) is 22.0 Å². The number of carboxylic acid groups (broad SMARTS) is 1. The smallest absolute Gasteiger partial charge is 0.304 e. The monoisotopic (exact) mass is 445 g/mol. The third-order valence-corrected chi connectivity index (χ3v) is 7.09. The SMILES string of the molecule is C[C@@]1(CC(=O)O)C[C@H](c2cccc(Cl)c2)[C@@H](c2ccc(Cl)cc2)N(C2CCC2)C1=O. The van der Waals surface area contributed by atoms with Gasteiger partial charge in [-0.05, 0) is 61.1 Å². The summed E-state index contributed by atoms with van der Waals surface area (Å²) in [4.78, 5) is 27.4. The zero-order valence-corrected chi connectivity index (χ0v) is 18.4. The third-order valence-electron chi connectivity index (χ3n) is 6.60. The standard InChI is InChI=1S/C24H25Cl2NO3/c1-24(14-21(28)29)13-20(16-4-2-5-18(26)12-16)22(15-8-10-17(25)11-9-15)27(23(24)30)19-6-3-7-19/h2,4-5,8-12,19-20,22H,3,6-7,13-14H2,1H3,(H,28,29)/t20-,22-,24+/m1/s1. The number of carboxylic acids is 1. The van der Waals surface area contributed by atoms with E-state index in [0.717, 1.165) is 30.4 Å². The van der Waals surface area contributed by atoms with Crippen molar-refractivity contribution in [2.45, 2.75) is 57.0 Å². The molecule has 4 rings (SSSR count). The summed E-state index contributed by atoms with van der Waals surface area (Å²) >= 11 is 12.4. The fourth-order valence-electron chi connectivity index (χ4n) is 4.95. The van der Waals surface area contributed by atoms with Crippen LogP contribution in [0.3, 0.4) is 0 Å². The lowest BCUT2D eigenvalue weighted by Crippen LogP contribution is -2.57. The van der Waals surface area contributed by atoms with Crippen LogP contribution in [0.15, 0.2) is 48.5 Å². The van der Waals surface area contributed by atoms with Crippen LogP contribution in [0.2, 0.25) is 10.0 Å². The summed E-state index contributed by atoms with van der Waals surface area (Å²) in [6.07, 6.45) is 3.25. The molecule has 0 unspecified atom stereocenters. The highest BCUT2D eigenvalue weighted by Crippen LogP contribution is 2.53. The van der Waals surface area contributed by atoms with Crippen molar-refractivity contribution in [2.24, 2.45) is 5.41 Å². The molecule has 2 aliphatic rings. The van der Waals surface area contributed by atoms with Crippen LogP contribution in [-0.2, 0) is 9.59 Å². The predicted octanol–water partition coefficient (Wildman–Crippen LogP) is 6.08. The van der Waals surface area contributed by atoms with Crippen molar-refractivity contribution in [1.29, 1.82) is 0 Å². The molecule has 0 bridgehead atoms. The van der Waals surface area contributed by atoms with Crippen LogP contribution < -0.4 is 0 Å². The number of carbonyl (C=O) groups excluding carboxylic acids is 1. The zero-order valence-electron chi connectivity index (χ0n) is 16.9. The van der Waals surface area contributed by atoms with E-state index in [2.05, 4.69) is 0 Å². The molecule has 2 aromatic carbocycles. The summed E-state index contributed by atoms with van der Waals surface area (Å²) in [5.41, 5.74) is 1.08. The van der Waals surface area contributed by atoms with Gasteiger partial charge in [-0.1, -0.05) is 54.4 Å². The Bertz CT molecular complexity index is 957. The van der Waals surface area contributed by atoms with Crippen LogP contribution in [0.5, 0.6) is 0 Å². The van der Waals surface area contributed by atoms with Gasteiger partial charge in [0.1, 0.15) is 0 Å². The predicted molar refractivity (Wildman–Crippen MR) is 118 cm³/mol. The molecule has 2 aromatic rings. The quantitative estimate of drug-likeness (QED) is 0.605. The molecule has 1 N–H and O–H groups in total. The minimum atomic E-state index is -0.961. The number of hydrogen-bond acceptors (Lipinski definition) is 2. The van der Waals surface area contributed by atoms with Gasteiger partial charge >= 0.3 is 5.97 Å². The maximum Gasteiger partial charge on any atom is 0.304 e. The number of benzene rings is 2. The molecule has 30 heavy (non-hydrogen) atoms. The average Bonchev–Trinajstić information content (AvgIpc) is 2.64. The maximum atomic E-state index is 13.7. The summed E-state index contributed by atoms with van der Waals surface area (Å²) in [6.45, 7) is 1.80. The van der Waals surface area contributed by atoms with Crippen molar-refractivity contribution >= 4 is 35.1 Å². The molecule has 1 saturated heterocycles. The number of rotatable bonds is 5. The number of nitrogens with zero attached hydrogens (tertiary/aromatic N) is 1. The van der Waals surface area contributed by atoms with Crippen molar-refractivity contribution in [3.8, 4) is 0 Å². The first kappa shape index (κ1) is 21.2. The first-order chi connectivity index (χ1) is 14.3. The van der Waals surface area contributed by atoms with Crippen molar-refractivity contribution in [3.05, 3.63) is 69.7 Å². The van der Waals surface area contributed by atoms with Gasteiger partial charge in [-0.3, -0.25) is 9.59 Å². The van der Waals surface area contributed by atoms with E-state index in [1.54, 1.807) is 6.92 Å². The molecule has 0 aromatic heterocycles. The van der Waals surface area contributed by atoms with Gasteiger partial charge in [-0.25, -0.2) is 0 Å². The zero-order chi connectivity index (χ0) is 21.5. The number of aliphatic carboxylic acids is 1. The number of piperidine rings is 1. The summed E-state index contributed by atoms with van der Waals surface area (Å²) < 4.78 is 0. The van der Waals surface area contributed by atoms with E-state index in [1.165, 1.54) is 0 Å². The molecule has 0 spiro atoms. The number of halogens is 2. The van der Waals surface area contributed by atoms with Crippen molar-refractivity contribution in [1.82, 2.24) is 4.90 Å². The maximum absolute atomic E-state index is 13.7. The van der Waals surface area contributed by atoms with Crippen LogP contribution in [0.1, 0.15) is 62.1 Å². The lowest BCUT2D eigenvalue weighted by molar-refractivity contribution is -0.162. The van der Waals surface area contributed by atoms with Crippen LogP contribution >= 0.6 is 23.2 Å². The van der Waals surface area contributed by atoms with E-state index in [-0.39, 0.29) is 30.3 Å². The fourth-order valence-corrected chi connectivity index (χ4v) is 5.27. The summed E-state index contributed by atoms with van der Waals surface area (Å²) in [5.74, 6) is -1.07. The van der Waals surface area contributed by atoms with Crippen LogP contribution in [0.4, 0.5) is 0 Å². The number of likely N-dealkylation sites (tertiary alicyclic amines) is 1. The molecule has 0 radical (unpaired) electrons. The molecule has 1 amide bonds. The lowest BCUT2D eigenvalue weighted by Gasteiger charge is -2.53. The van der Waals surface area contributed by atoms with E-state index in [9.17, 15) is 14.7 Å². The molecule has 1 aliphatic carbocycles. The van der Waals surface area contributed by atoms with Gasteiger partial charge in [0.2, 0.25) is 5.91 Å². The Morgan fingerprint density at radius 2 is 1.80 bits per heavy atom. The van der Waals surface area contributed by atoms with Gasteiger partial charge in [0.05, 0.1) is 17.9 Å². The molecule has 6 heteroatoms. The molecule has 4 nitrogen and oxygen atoms in total. The van der Waals surface area contributed by atoms with E-state index in [4.69, 9.17) is 23.2 Å². The van der Waals surface area contributed by atoms with Gasteiger partial charge in [-0.2, -0.15) is 0 Å². The minimum Gasteiger partial charge on any atom is -0.481 e. The molecule has 1 heterocycles. The van der Waals surface area contributed by atoms with Crippen molar-refractivity contribution in [3.63, 3.8) is 0 Å². The molecular weight excluding hydrogens is 421 g/mol. The Hall–Kier alpha value is -2.04. The van der Waals surface area contributed by atoms with Crippen LogP contribution in [0, 0.1) is 5.41 Å². The molecule has 1 aliphatic heterocycles. The summed E-state index contributed by atoms with van der Waals surface area (Å²) in [6, 6.07) is 15.3. The van der Waals surface area contributed by atoms with Crippen molar-refractivity contribution < 1.29 is 14.7 Å². The first-order valence-electron chi connectivity index (χ1n) is 10.3. The van der Waals surface area contributed by atoms with E-state index < -0.39 is 11.4 Å². The molecule has 2 fully saturated rings. The highest BCUT2D eigenvalue weighted by Gasteiger charge is 2.53. The Morgan fingerprint density at radius 3 is 2.37 bits per heavy atom. The van der Waals surface area contributed by atoms with E-state index in [1.807, 2.05) is 53.4 Å². The van der Waals surface area contributed by atoms with Gasteiger partial charge < -0.3 is 10.0 Å². The molecular formula is C24H25Cl2NO3. The molecule has 3 atom stereocenters. The topological polar surface area (TPSA) is 57.6 Å². The van der Waals surface area contributed by atoms with E-state index >= 15 is 0 Å². The normalized spacial score (nSPS) is 27.0. The van der Waals surface area contributed by atoms with Crippen molar-refractivity contribution in [2.75, 3.05) is 0 Å². The number of amides is 1. The lowest BCUT2D eigenvalue weighted by atomic mass is 9.66. The highest BCUT2D eigenvalue weighted by atomic mass is 35.5. The van der Waals surface area contributed by atoms with Gasteiger partial charge in [0.15, 0.2) is 0 Å². The Labute approximate surface area is 186 Å². The van der Waals surface area contributed by atoms with Crippen LogP contribution in [0.25, 0.3) is 0 Å². The summed E-state index contributed by atoms with van der Waals surface area (Å²) in [5, 5.41) is 10.8.